The highest BCUT2D eigenvalue weighted by Crippen LogP contribution is 2.49. The lowest BCUT2D eigenvalue weighted by atomic mass is 9.66. The number of fused-ring (bicyclic) bond motifs is 3. The van der Waals surface area contributed by atoms with Crippen LogP contribution in [0.25, 0.3) is 0 Å². The van der Waals surface area contributed by atoms with Crippen LogP contribution in [-0.2, 0) is 4.79 Å². The fraction of sp³-hybridized carbons (Fsp3) is 0.500. The second-order valence-corrected chi connectivity index (χ2v) is 5.66. The molecule has 3 rings (SSSR count). The first-order chi connectivity index (χ1) is 10.1. The lowest BCUT2D eigenvalue weighted by molar-refractivity contribution is -0.128. The van der Waals surface area contributed by atoms with Crippen molar-refractivity contribution in [1.82, 2.24) is 0 Å². The van der Waals surface area contributed by atoms with Gasteiger partial charge in [0.05, 0.1) is 12.7 Å². The Labute approximate surface area is 121 Å². The van der Waals surface area contributed by atoms with E-state index in [1.54, 1.807) is 0 Å². The van der Waals surface area contributed by atoms with Crippen LogP contribution in [0.2, 0.25) is 0 Å². The van der Waals surface area contributed by atoms with E-state index in [9.17, 15) is 13.6 Å². The van der Waals surface area contributed by atoms with E-state index in [1.165, 1.54) is 0 Å². The van der Waals surface area contributed by atoms with Crippen molar-refractivity contribution in [3.63, 3.8) is 0 Å². The van der Waals surface area contributed by atoms with Gasteiger partial charge in [-0.05, 0) is 30.9 Å². The topological polar surface area (TPSA) is 50.1 Å². The van der Waals surface area contributed by atoms with Gasteiger partial charge in [-0.25, -0.2) is 8.78 Å². The number of ether oxygens (including phenoxy) is 1. The van der Waals surface area contributed by atoms with Crippen LogP contribution in [0.3, 0.4) is 0 Å². The van der Waals surface area contributed by atoms with Crippen LogP contribution in [0.4, 0.5) is 8.78 Å². The van der Waals surface area contributed by atoms with Crippen LogP contribution in [0.5, 0.6) is 5.75 Å². The smallest absolute Gasteiger partial charge is 0.165 e. The van der Waals surface area contributed by atoms with Gasteiger partial charge in [-0.3, -0.25) is 4.79 Å². The monoisotopic (exact) mass is 291 g/mol. The second kappa shape index (κ2) is 5.44. The molecule has 0 spiro atoms. The van der Waals surface area contributed by atoms with E-state index in [2.05, 4.69) is 0 Å². The highest BCUT2D eigenvalue weighted by Gasteiger charge is 2.44. The van der Waals surface area contributed by atoms with Crippen LogP contribution >= 0.6 is 0 Å². The average molecular weight is 291 g/mol. The van der Waals surface area contributed by atoms with Gasteiger partial charge >= 0.3 is 0 Å². The summed E-state index contributed by atoms with van der Waals surface area (Å²) < 4.78 is 33.3. The Morgan fingerprint density at radius 1 is 1.33 bits per heavy atom. The second-order valence-electron chi connectivity index (χ2n) is 5.66. The van der Waals surface area contributed by atoms with Gasteiger partial charge in [0.25, 0.3) is 0 Å². The summed E-state index contributed by atoms with van der Waals surface area (Å²) >= 11 is 0. The first-order valence-corrected chi connectivity index (χ1v) is 7.14. The van der Waals surface area contributed by atoms with Crippen molar-refractivity contribution in [1.29, 1.82) is 5.26 Å². The maximum Gasteiger partial charge on any atom is 0.165 e. The van der Waals surface area contributed by atoms with Crippen LogP contribution in [0, 0.1) is 34.8 Å². The molecule has 21 heavy (non-hydrogen) atoms. The zero-order chi connectivity index (χ0) is 15.0. The van der Waals surface area contributed by atoms with E-state index in [0.29, 0.717) is 19.3 Å². The average Bonchev–Trinajstić information content (AvgIpc) is 2.49. The van der Waals surface area contributed by atoms with Crippen LogP contribution in [0.1, 0.15) is 37.2 Å². The molecule has 1 aliphatic heterocycles. The van der Waals surface area contributed by atoms with Gasteiger partial charge in [0.2, 0.25) is 0 Å². The fourth-order valence-electron chi connectivity index (χ4n) is 3.62. The highest BCUT2D eigenvalue weighted by atomic mass is 19.1. The number of carbonyl (C=O) groups excluding carboxylic acids is 1. The molecule has 5 heteroatoms. The highest BCUT2D eigenvalue weighted by molar-refractivity contribution is 5.82. The molecule has 3 atom stereocenters. The van der Waals surface area contributed by atoms with Crippen LogP contribution in [-0.4, -0.2) is 12.4 Å². The van der Waals surface area contributed by atoms with Gasteiger partial charge in [-0.2, -0.15) is 5.26 Å². The van der Waals surface area contributed by atoms with E-state index < -0.39 is 11.6 Å². The molecular formula is C16H15F2NO2. The Morgan fingerprint density at radius 2 is 2.10 bits per heavy atom. The number of hydrogen-bond acceptors (Lipinski definition) is 3. The standard InChI is InChI=1S/C16H15F2NO2/c17-12-4-5-13(18)16-15(12)10-3-6-14(20)9(2-1-7-19)11(10)8-21-16/h4-5,9-11H,1-3,6,8H2/t9-,10?,11-/m0/s1. The van der Waals surface area contributed by atoms with Gasteiger partial charge in [0.15, 0.2) is 11.6 Å². The molecule has 0 N–H and O–H groups in total. The molecule has 0 radical (unpaired) electrons. The lowest BCUT2D eigenvalue weighted by Gasteiger charge is -2.41. The molecule has 1 heterocycles. The van der Waals surface area contributed by atoms with E-state index >= 15 is 0 Å². The zero-order valence-corrected chi connectivity index (χ0v) is 11.4. The molecule has 1 aliphatic carbocycles. The number of nitrogens with zero attached hydrogens (tertiary/aromatic N) is 1. The Balaban J connectivity index is 1.97. The molecule has 0 bridgehead atoms. The van der Waals surface area contributed by atoms with Crippen molar-refractivity contribution in [3.8, 4) is 11.8 Å². The van der Waals surface area contributed by atoms with Gasteiger partial charge < -0.3 is 4.74 Å². The molecule has 0 amide bonds. The Bertz CT molecular complexity index is 623. The van der Waals surface area contributed by atoms with Crippen LogP contribution in [0.15, 0.2) is 12.1 Å². The van der Waals surface area contributed by atoms with Gasteiger partial charge in [0, 0.05) is 30.2 Å². The summed E-state index contributed by atoms with van der Waals surface area (Å²) in [5.74, 6) is -1.60. The van der Waals surface area contributed by atoms with Crippen molar-refractivity contribution in [2.24, 2.45) is 11.8 Å². The van der Waals surface area contributed by atoms with Crippen LogP contribution < -0.4 is 4.74 Å². The molecule has 1 aromatic carbocycles. The molecule has 2 aliphatic rings. The number of hydrogen-bond donors (Lipinski definition) is 0. The van der Waals surface area contributed by atoms with E-state index in [4.69, 9.17) is 10.00 Å². The lowest BCUT2D eigenvalue weighted by Crippen LogP contribution is -2.40. The Hall–Kier alpha value is -1.96. The van der Waals surface area contributed by atoms with Gasteiger partial charge in [-0.1, -0.05) is 0 Å². The minimum absolute atomic E-state index is 0.00960. The summed E-state index contributed by atoms with van der Waals surface area (Å²) in [6, 6.07) is 4.22. The van der Waals surface area contributed by atoms with E-state index in [1.807, 2.05) is 6.07 Å². The van der Waals surface area contributed by atoms with E-state index in [0.717, 1.165) is 12.1 Å². The van der Waals surface area contributed by atoms with Crippen molar-refractivity contribution < 1.29 is 18.3 Å². The molecule has 1 fully saturated rings. The predicted molar refractivity (Wildman–Crippen MR) is 70.7 cm³/mol. The van der Waals surface area contributed by atoms with Gasteiger partial charge in [-0.15, -0.1) is 0 Å². The molecule has 1 aromatic rings. The normalized spacial score (nSPS) is 27.3. The largest absolute Gasteiger partial charge is 0.490 e. The summed E-state index contributed by atoms with van der Waals surface area (Å²) in [5.41, 5.74) is 0.265. The SMILES string of the molecule is N#CCC[C@@H]1C(=O)CCC2c3c(F)ccc(F)c3OC[C@H]21. The maximum absolute atomic E-state index is 14.1. The third-order valence-corrected chi connectivity index (χ3v) is 4.60. The summed E-state index contributed by atoms with van der Waals surface area (Å²) in [6.45, 7) is 0.208. The molecular weight excluding hydrogens is 276 g/mol. The minimum Gasteiger partial charge on any atom is -0.490 e. The number of carbonyl (C=O) groups is 1. The molecule has 1 saturated carbocycles. The molecule has 3 nitrogen and oxygen atoms in total. The predicted octanol–water partition coefficient (Wildman–Crippen LogP) is 3.34. The molecule has 0 aromatic heterocycles. The number of ketones is 1. The minimum atomic E-state index is -0.560. The fourth-order valence-corrected chi connectivity index (χ4v) is 3.62. The quantitative estimate of drug-likeness (QED) is 0.839. The molecule has 110 valence electrons. The first kappa shape index (κ1) is 14.0. The Kier molecular flexibility index (Phi) is 3.62. The van der Waals surface area contributed by atoms with Crippen molar-refractivity contribution in [2.75, 3.05) is 6.61 Å². The molecule has 0 saturated heterocycles. The summed E-state index contributed by atoms with van der Waals surface area (Å²) in [4.78, 5) is 12.1. The first-order valence-electron chi connectivity index (χ1n) is 7.14. The maximum atomic E-state index is 14.1. The van der Waals surface area contributed by atoms with Crippen molar-refractivity contribution >= 4 is 5.78 Å². The van der Waals surface area contributed by atoms with Crippen molar-refractivity contribution in [3.05, 3.63) is 29.3 Å². The summed E-state index contributed by atoms with van der Waals surface area (Å²) in [7, 11) is 0. The third-order valence-electron chi connectivity index (χ3n) is 4.60. The summed E-state index contributed by atoms with van der Waals surface area (Å²) in [5, 5.41) is 8.72. The summed E-state index contributed by atoms with van der Waals surface area (Å²) in [6.07, 6.45) is 1.63. The number of halogens is 2. The van der Waals surface area contributed by atoms with Gasteiger partial charge in [0.1, 0.15) is 11.6 Å². The number of Topliss-reactive ketones (excluding diaryl/α,β-unsaturated/α-hetero) is 1. The zero-order valence-electron chi connectivity index (χ0n) is 11.4. The Morgan fingerprint density at radius 3 is 2.86 bits per heavy atom. The van der Waals surface area contributed by atoms with E-state index in [-0.39, 0.29) is 47.9 Å². The number of rotatable bonds is 2. The van der Waals surface area contributed by atoms with Crippen molar-refractivity contribution in [2.45, 2.75) is 31.6 Å². The third kappa shape index (κ3) is 2.29. The number of benzene rings is 1. The molecule has 1 unspecified atom stereocenters. The number of nitriles is 1.